The molecule has 1 aliphatic rings. The molecule has 0 bridgehead atoms. The molecule has 0 fully saturated rings. The van der Waals surface area contributed by atoms with E-state index in [1.54, 1.807) is 0 Å². The van der Waals surface area contributed by atoms with Gasteiger partial charge in [0.15, 0.2) is 11.5 Å². The van der Waals surface area contributed by atoms with Crippen LogP contribution in [0.25, 0.3) is 0 Å². The number of oxime groups is 2. The summed E-state index contributed by atoms with van der Waals surface area (Å²) in [5.41, 5.74) is 3.11. The summed E-state index contributed by atoms with van der Waals surface area (Å²) in [4.78, 5) is 15.4. The standard InChI is InChI=1S/C20H19N3O2.2ClH.Fe/c1-15(22-24-17-9-5-3-6-10-17)19-13-14-20(21-19)16(2)23-25-18-11-7-4-8-12-18;;;/h3-13H,14H2,1-2H3;2*1H;/q;;;+2/p-2/b22-15+,23-16+;;;. The van der Waals surface area contributed by atoms with E-state index in [0.717, 1.165) is 22.8 Å². The van der Waals surface area contributed by atoms with Gasteiger partial charge in [-0.25, -0.2) is 4.99 Å². The average Bonchev–Trinajstić information content (AvgIpc) is 3.23. The Morgan fingerprint density at radius 1 is 0.857 bits per heavy atom. The zero-order chi connectivity index (χ0) is 20.2. The van der Waals surface area contributed by atoms with Gasteiger partial charge in [0.05, 0.1) is 17.1 Å². The van der Waals surface area contributed by atoms with Gasteiger partial charge < -0.3 is 9.68 Å². The summed E-state index contributed by atoms with van der Waals surface area (Å²) in [5.74, 6) is 1.39. The monoisotopic (exact) mass is 459 g/mol. The SMILES string of the molecule is C/C(=N\Oc1ccccc1)C1=CCC(/C(C)=N/Oc2ccccc2)=N1.[Cl][Fe][Cl]. The zero-order valence-corrected chi connectivity index (χ0v) is 17.9. The van der Waals surface area contributed by atoms with Gasteiger partial charge >= 0.3 is 33.3 Å². The van der Waals surface area contributed by atoms with Crippen LogP contribution in [0, 0.1) is 0 Å². The number of halogens is 2. The summed E-state index contributed by atoms with van der Waals surface area (Å²) in [5, 5.41) is 8.28. The molecule has 28 heavy (non-hydrogen) atoms. The van der Waals surface area contributed by atoms with Gasteiger partial charge in [-0.1, -0.05) is 52.8 Å². The fraction of sp³-hybridized carbons (Fsp3) is 0.150. The van der Waals surface area contributed by atoms with Gasteiger partial charge in [-0.2, -0.15) is 0 Å². The molecule has 3 rings (SSSR count). The first kappa shape index (κ1) is 22.2. The second-order valence-corrected chi connectivity index (χ2v) is 7.39. The molecular weight excluding hydrogens is 441 g/mol. The van der Waals surface area contributed by atoms with E-state index >= 15 is 0 Å². The first-order chi connectivity index (χ1) is 13.6. The Bertz CT molecular complexity index is 870. The second kappa shape index (κ2) is 12.4. The van der Waals surface area contributed by atoms with Crippen molar-refractivity contribution >= 4 is 37.3 Å². The van der Waals surface area contributed by atoms with Crippen LogP contribution in [0.5, 0.6) is 11.5 Å². The maximum atomic E-state index is 5.41. The maximum absolute atomic E-state index is 5.41. The Kier molecular flexibility index (Phi) is 9.80. The van der Waals surface area contributed by atoms with E-state index in [0.29, 0.717) is 17.9 Å². The van der Waals surface area contributed by atoms with Crippen molar-refractivity contribution < 1.29 is 22.8 Å². The third kappa shape index (κ3) is 7.49. The normalized spacial score (nSPS) is 14.0. The topological polar surface area (TPSA) is 55.5 Å². The predicted molar refractivity (Wildman–Crippen MR) is 112 cm³/mol. The van der Waals surface area contributed by atoms with Crippen LogP contribution in [0.2, 0.25) is 0 Å². The van der Waals surface area contributed by atoms with Crippen LogP contribution < -0.4 is 9.68 Å². The van der Waals surface area contributed by atoms with Crippen LogP contribution in [0.3, 0.4) is 0 Å². The number of hydrogen-bond donors (Lipinski definition) is 0. The average molecular weight is 460 g/mol. The van der Waals surface area contributed by atoms with Crippen LogP contribution in [0.15, 0.2) is 87.7 Å². The molecule has 1 heterocycles. The second-order valence-electron chi connectivity index (χ2n) is 5.56. The number of para-hydroxylation sites is 2. The van der Waals surface area contributed by atoms with Crippen molar-refractivity contribution in [2.45, 2.75) is 20.3 Å². The number of allylic oxidation sites excluding steroid dienone is 2. The molecule has 2 aromatic rings. The van der Waals surface area contributed by atoms with Crippen LogP contribution in [0.4, 0.5) is 0 Å². The Balaban J connectivity index is 0.000000878. The minimum atomic E-state index is 0.194. The quantitative estimate of drug-likeness (QED) is 0.302. The summed E-state index contributed by atoms with van der Waals surface area (Å²) < 4.78 is 0. The third-order valence-electron chi connectivity index (χ3n) is 3.59. The summed E-state index contributed by atoms with van der Waals surface area (Å²) >= 11 is 0.194. The van der Waals surface area contributed by atoms with Gasteiger partial charge in [-0.15, -0.1) is 0 Å². The third-order valence-corrected chi connectivity index (χ3v) is 3.59. The molecule has 0 amide bonds. The van der Waals surface area contributed by atoms with Crippen molar-refractivity contribution in [2.75, 3.05) is 0 Å². The van der Waals surface area contributed by atoms with Crippen LogP contribution in [-0.2, 0) is 13.1 Å². The molecule has 5 nitrogen and oxygen atoms in total. The van der Waals surface area contributed by atoms with Gasteiger partial charge in [0.2, 0.25) is 0 Å². The summed E-state index contributed by atoms with van der Waals surface area (Å²) in [6.45, 7) is 3.75. The molecule has 0 saturated carbocycles. The fourth-order valence-electron chi connectivity index (χ4n) is 2.19. The van der Waals surface area contributed by atoms with E-state index in [2.05, 4.69) is 15.3 Å². The molecule has 0 spiro atoms. The Morgan fingerprint density at radius 3 is 1.82 bits per heavy atom. The molecule has 0 aliphatic carbocycles. The molecule has 8 heteroatoms. The Morgan fingerprint density at radius 2 is 1.32 bits per heavy atom. The molecule has 0 saturated heterocycles. The van der Waals surface area contributed by atoms with E-state index in [4.69, 9.17) is 29.9 Å². The molecule has 0 aromatic heterocycles. The van der Waals surface area contributed by atoms with Gasteiger partial charge in [-0.05, 0) is 38.1 Å². The van der Waals surface area contributed by atoms with Crippen molar-refractivity contribution in [3.8, 4) is 11.5 Å². The number of rotatable bonds is 6. The van der Waals surface area contributed by atoms with Gasteiger partial charge in [0, 0.05) is 6.42 Å². The zero-order valence-electron chi connectivity index (χ0n) is 15.3. The Labute approximate surface area is 179 Å². The number of nitrogens with zero attached hydrogens (tertiary/aromatic N) is 3. The van der Waals surface area contributed by atoms with Crippen molar-refractivity contribution in [3.05, 3.63) is 72.4 Å². The van der Waals surface area contributed by atoms with E-state index < -0.39 is 0 Å². The van der Waals surface area contributed by atoms with Crippen molar-refractivity contribution in [3.63, 3.8) is 0 Å². The molecule has 0 N–H and O–H groups in total. The van der Waals surface area contributed by atoms with Crippen LogP contribution >= 0.6 is 20.2 Å². The van der Waals surface area contributed by atoms with E-state index in [-0.39, 0.29) is 13.1 Å². The van der Waals surface area contributed by atoms with Gasteiger partial charge in [0.25, 0.3) is 0 Å². The molecule has 0 radical (unpaired) electrons. The molecule has 0 unspecified atom stereocenters. The van der Waals surface area contributed by atoms with E-state index in [9.17, 15) is 0 Å². The number of hydrogen-bond acceptors (Lipinski definition) is 5. The molecular formula is C20H19Cl2FeN3O2. The first-order valence-corrected chi connectivity index (χ1v) is 11.3. The number of aliphatic imine (C=N–C) groups is 1. The molecule has 1 aliphatic heterocycles. The predicted octanol–water partition coefficient (Wildman–Crippen LogP) is 6.00. The van der Waals surface area contributed by atoms with Crippen molar-refractivity contribution in [2.24, 2.45) is 15.3 Å². The summed E-state index contributed by atoms with van der Waals surface area (Å²) in [6.07, 6.45) is 2.70. The van der Waals surface area contributed by atoms with Crippen molar-refractivity contribution in [1.82, 2.24) is 0 Å². The Hall–Kier alpha value is -2.11. The summed E-state index contributed by atoms with van der Waals surface area (Å²) in [6, 6.07) is 18.9. The van der Waals surface area contributed by atoms with Crippen LogP contribution in [-0.4, -0.2) is 17.1 Å². The van der Waals surface area contributed by atoms with Gasteiger partial charge in [0.1, 0.15) is 5.71 Å². The molecule has 0 atom stereocenters. The van der Waals surface area contributed by atoms with Crippen LogP contribution in [0.1, 0.15) is 20.3 Å². The first-order valence-electron chi connectivity index (χ1n) is 8.31. The molecule has 148 valence electrons. The summed E-state index contributed by atoms with van der Waals surface area (Å²) in [7, 11) is 9.53. The number of benzene rings is 2. The van der Waals surface area contributed by atoms with E-state index in [1.165, 1.54) is 0 Å². The molecule has 2 aromatic carbocycles. The minimum absolute atomic E-state index is 0.194. The van der Waals surface area contributed by atoms with Gasteiger partial charge in [-0.3, -0.25) is 0 Å². The van der Waals surface area contributed by atoms with E-state index in [1.807, 2.05) is 80.6 Å². The fourth-order valence-corrected chi connectivity index (χ4v) is 2.19. The van der Waals surface area contributed by atoms with Crippen molar-refractivity contribution in [1.29, 1.82) is 0 Å².